The van der Waals surface area contributed by atoms with Crippen molar-refractivity contribution in [3.8, 4) is 12.1 Å². The van der Waals surface area contributed by atoms with Gasteiger partial charge in [0.1, 0.15) is 0 Å². The first kappa shape index (κ1) is 11.0. The number of ether oxygens (including phenoxy) is 1. The van der Waals surface area contributed by atoms with Crippen molar-refractivity contribution in [2.75, 3.05) is 26.2 Å². The van der Waals surface area contributed by atoms with E-state index in [4.69, 9.17) is 15.3 Å². The van der Waals surface area contributed by atoms with E-state index in [1.807, 2.05) is 0 Å². The number of nitrogens with zero attached hydrogens (tertiary/aromatic N) is 3. The highest BCUT2D eigenvalue weighted by atomic mass is 16.5. The van der Waals surface area contributed by atoms with Crippen LogP contribution in [0.25, 0.3) is 0 Å². The molecule has 0 aromatic carbocycles. The molecule has 4 heteroatoms. The molecule has 0 spiro atoms. The fraction of sp³-hybridized carbons (Fsp3) is 0.800. The zero-order valence-electron chi connectivity index (χ0n) is 8.28. The summed E-state index contributed by atoms with van der Waals surface area (Å²) in [5, 5.41) is 17.0. The van der Waals surface area contributed by atoms with E-state index in [2.05, 4.69) is 17.0 Å². The lowest BCUT2D eigenvalue weighted by atomic mass is 10.2. The van der Waals surface area contributed by atoms with Crippen molar-refractivity contribution in [3.63, 3.8) is 0 Å². The molecule has 0 aromatic rings. The third kappa shape index (κ3) is 3.74. The quantitative estimate of drug-likeness (QED) is 0.622. The van der Waals surface area contributed by atoms with Gasteiger partial charge in [-0.3, -0.25) is 4.90 Å². The summed E-state index contributed by atoms with van der Waals surface area (Å²) in [6.45, 7) is 3.24. The Kier molecular flexibility index (Phi) is 4.99. The monoisotopic (exact) mass is 193 g/mol. The average molecular weight is 193 g/mol. The minimum Gasteiger partial charge on any atom is -0.361 e. The van der Waals surface area contributed by atoms with Crippen LogP contribution < -0.4 is 0 Å². The summed E-state index contributed by atoms with van der Waals surface area (Å²) >= 11 is 0. The van der Waals surface area contributed by atoms with Crippen LogP contribution in [0.4, 0.5) is 0 Å². The van der Waals surface area contributed by atoms with E-state index >= 15 is 0 Å². The molecular weight excluding hydrogens is 178 g/mol. The molecule has 1 saturated heterocycles. The normalized spacial score (nSPS) is 22.6. The molecule has 0 amide bonds. The van der Waals surface area contributed by atoms with E-state index in [1.54, 1.807) is 0 Å². The molecule has 1 fully saturated rings. The Hall–Kier alpha value is -1.10. The van der Waals surface area contributed by atoms with Crippen LogP contribution in [0.15, 0.2) is 0 Å². The molecule has 1 aliphatic rings. The number of unbranched alkanes of at least 4 members (excludes halogenated alkanes) is 2. The molecule has 0 bridgehead atoms. The predicted octanol–water partition coefficient (Wildman–Crippen LogP) is 0.905. The SMILES string of the molecule is N#CCCCCN1CCOC(C#N)C1. The van der Waals surface area contributed by atoms with Gasteiger partial charge in [0.25, 0.3) is 0 Å². The summed E-state index contributed by atoms with van der Waals surface area (Å²) in [5.41, 5.74) is 0. The number of rotatable bonds is 4. The predicted molar refractivity (Wildman–Crippen MR) is 51.3 cm³/mol. The summed E-state index contributed by atoms with van der Waals surface area (Å²) < 4.78 is 5.23. The van der Waals surface area contributed by atoms with Crippen LogP contribution in [0.1, 0.15) is 19.3 Å². The lowest BCUT2D eigenvalue weighted by molar-refractivity contribution is 0.000119. The van der Waals surface area contributed by atoms with Crippen LogP contribution in [-0.4, -0.2) is 37.2 Å². The Morgan fingerprint density at radius 2 is 2.21 bits per heavy atom. The Morgan fingerprint density at radius 1 is 1.36 bits per heavy atom. The Bertz CT molecular complexity index is 241. The molecule has 4 nitrogen and oxygen atoms in total. The summed E-state index contributed by atoms with van der Waals surface area (Å²) in [6.07, 6.45) is 2.35. The number of morpholine rings is 1. The van der Waals surface area contributed by atoms with Gasteiger partial charge in [0.15, 0.2) is 6.10 Å². The lowest BCUT2D eigenvalue weighted by Crippen LogP contribution is -2.42. The molecule has 1 atom stereocenters. The van der Waals surface area contributed by atoms with Crippen molar-refractivity contribution < 1.29 is 4.74 Å². The van der Waals surface area contributed by atoms with Crippen molar-refractivity contribution in [1.82, 2.24) is 4.90 Å². The second-order valence-electron chi connectivity index (χ2n) is 3.40. The van der Waals surface area contributed by atoms with Crippen molar-refractivity contribution in [2.45, 2.75) is 25.4 Å². The van der Waals surface area contributed by atoms with E-state index < -0.39 is 0 Å². The van der Waals surface area contributed by atoms with Crippen molar-refractivity contribution in [1.29, 1.82) is 10.5 Å². The van der Waals surface area contributed by atoms with Crippen LogP contribution >= 0.6 is 0 Å². The smallest absolute Gasteiger partial charge is 0.156 e. The van der Waals surface area contributed by atoms with Crippen LogP contribution in [-0.2, 0) is 4.74 Å². The average Bonchev–Trinajstić information content (AvgIpc) is 2.25. The van der Waals surface area contributed by atoms with Gasteiger partial charge < -0.3 is 4.74 Å². The van der Waals surface area contributed by atoms with Crippen molar-refractivity contribution >= 4 is 0 Å². The van der Waals surface area contributed by atoms with Gasteiger partial charge in [0.05, 0.1) is 18.7 Å². The molecule has 0 aromatic heterocycles. The van der Waals surface area contributed by atoms with Gasteiger partial charge in [-0.15, -0.1) is 0 Å². The van der Waals surface area contributed by atoms with Crippen molar-refractivity contribution in [2.24, 2.45) is 0 Å². The zero-order chi connectivity index (χ0) is 10.2. The van der Waals surface area contributed by atoms with Crippen LogP contribution in [0.5, 0.6) is 0 Å². The van der Waals surface area contributed by atoms with Crippen LogP contribution in [0.3, 0.4) is 0 Å². The van der Waals surface area contributed by atoms with E-state index in [0.29, 0.717) is 19.6 Å². The molecule has 1 rings (SSSR count). The van der Waals surface area contributed by atoms with E-state index in [1.165, 1.54) is 0 Å². The number of hydrogen-bond donors (Lipinski definition) is 0. The Morgan fingerprint density at radius 3 is 2.93 bits per heavy atom. The highest BCUT2D eigenvalue weighted by Crippen LogP contribution is 2.06. The van der Waals surface area contributed by atoms with E-state index in [9.17, 15) is 0 Å². The minimum absolute atomic E-state index is 0.264. The van der Waals surface area contributed by atoms with Crippen LogP contribution in [0, 0.1) is 22.7 Å². The summed E-state index contributed by atoms with van der Waals surface area (Å²) in [6, 6.07) is 4.25. The first-order valence-electron chi connectivity index (χ1n) is 4.97. The maximum absolute atomic E-state index is 8.67. The van der Waals surface area contributed by atoms with Crippen LogP contribution in [0.2, 0.25) is 0 Å². The van der Waals surface area contributed by atoms with Gasteiger partial charge >= 0.3 is 0 Å². The topological polar surface area (TPSA) is 60.1 Å². The first-order chi connectivity index (χ1) is 6.86. The van der Waals surface area contributed by atoms with Gasteiger partial charge in [-0.1, -0.05) is 0 Å². The number of nitriles is 2. The largest absolute Gasteiger partial charge is 0.361 e. The zero-order valence-corrected chi connectivity index (χ0v) is 8.28. The van der Waals surface area contributed by atoms with Gasteiger partial charge in [0.2, 0.25) is 0 Å². The molecule has 0 aliphatic carbocycles. The molecule has 14 heavy (non-hydrogen) atoms. The van der Waals surface area contributed by atoms with Gasteiger partial charge in [0, 0.05) is 19.5 Å². The number of hydrogen-bond acceptors (Lipinski definition) is 4. The molecule has 1 heterocycles. The van der Waals surface area contributed by atoms with Gasteiger partial charge in [-0.2, -0.15) is 10.5 Å². The first-order valence-corrected chi connectivity index (χ1v) is 4.97. The second kappa shape index (κ2) is 6.37. The fourth-order valence-electron chi connectivity index (χ4n) is 1.52. The molecule has 0 N–H and O–H groups in total. The highest BCUT2D eigenvalue weighted by Gasteiger charge is 2.18. The van der Waals surface area contributed by atoms with Gasteiger partial charge in [-0.05, 0) is 19.4 Å². The molecule has 1 unspecified atom stereocenters. The molecule has 1 aliphatic heterocycles. The summed E-state index contributed by atoms with van der Waals surface area (Å²) in [5.74, 6) is 0. The fourth-order valence-corrected chi connectivity index (χ4v) is 1.52. The van der Waals surface area contributed by atoms with E-state index in [-0.39, 0.29) is 6.10 Å². The standard InChI is InChI=1S/C10H15N3O/c11-4-2-1-3-5-13-6-7-14-10(8-12)9-13/h10H,1-3,5-7,9H2. The minimum atomic E-state index is -0.264. The Balaban J connectivity index is 2.12. The molecule has 76 valence electrons. The maximum Gasteiger partial charge on any atom is 0.156 e. The third-order valence-electron chi connectivity index (χ3n) is 2.31. The molecule has 0 radical (unpaired) electrons. The van der Waals surface area contributed by atoms with Crippen molar-refractivity contribution in [3.05, 3.63) is 0 Å². The van der Waals surface area contributed by atoms with Gasteiger partial charge in [-0.25, -0.2) is 0 Å². The lowest BCUT2D eigenvalue weighted by Gasteiger charge is -2.29. The highest BCUT2D eigenvalue weighted by molar-refractivity contribution is 4.89. The maximum atomic E-state index is 8.67. The third-order valence-corrected chi connectivity index (χ3v) is 2.31. The summed E-state index contributed by atoms with van der Waals surface area (Å²) in [7, 11) is 0. The second-order valence-corrected chi connectivity index (χ2v) is 3.40. The summed E-state index contributed by atoms with van der Waals surface area (Å²) in [4.78, 5) is 2.23. The molecular formula is C10H15N3O. The Labute approximate surface area is 84.7 Å². The van der Waals surface area contributed by atoms with E-state index in [0.717, 1.165) is 25.9 Å². The molecule has 0 saturated carbocycles.